The molecule has 0 radical (unpaired) electrons. The van der Waals surface area contributed by atoms with Gasteiger partial charge in [0.1, 0.15) is 0 Å². The lowest BCUT2D eigenvalue weighted by atomic mass is 10.1. The number of benzene rings is 3. The van der Waals surface area contributed by atoms with Crippen LogP contribution in [0.15, 0.2) is 88.8 Å². The Bertz CT molecular complexity index is 799. The fourth-order valence-electron chi connectivity index (χ4n) is 2.25. The van der Waals surface area contributed by atoms with Crippen LogP contribution in [0.3, 0.4) is 0 Å². The van der Waals surface area contributed by atoms with Gasteiger partial charge in [-0.25, -0.2) is 0 Å². The molecule has 3 aromatic rings. The summed E-state index contributed by atoms with van der Waals surface area (Å²) in [5, 5.41) is 1.41. The Kier molecular flexibility index (Phi) is 5.99. The van der Waals surface area contributed by atoms with E-state index in [1.165, 1.54) is 0 Å². The molecule has 0 saturated heterocycles. The number of aliphatic imine (C=N–C) groups is 2. The third-order valence-corrected chi connectivity index (χ3v) is 4.07. The minimum atomic E-state index is -0.312. The Hall–Kier alpha value is -2.42. The molecule has 124 valence electrons. The van der Waals surface area contributed by atoms with Crippen LogP contribution in [0.4, 0.5) is 0 Å². The number of rotatable bonds is 5. The van der Waals surface area contributed by atoms with E-state index in [-0.39, 0.29) is 6.17 Å². The lowest BCUT2D eigenvalue weighted by Crippen LogP contribution is -1.95. The second-order valence-electron chi connectivity index (χ2n) is 5.44. The first-order valence-corrected chi connectivity index (χ1v) is 8.59. The molecule has 0 atom stereocenters. The third kappa shape index (κ3) is 5.28. The zero-order valence-electron chi connectivity index (χ0n) is 13.4. The molecule has 3 aromatic carbocycles. The van der Waals surface area contributed by atoms with E-state index in [4.69, 9.17) is 23.2 Å². The molecule has 3 rings (SSSR count). The summed E-state index contributed by atoms with van der Waals surface area (Å²) in [6.45, 7) is 0. The molecule has 0 aliphatic rings. The zero-order chi connectivity index (χ0) is 17.5. The maximum absolute atomic E-state index is 5.92. The Labute approximate surface area is 157 Å². The lowest BCUT2D eigenvalue weighted by molar-refractivity contribution is 0.787. The van der Waals surface area contributed by atoms with Crippen molar-refractivity contribution in [2.45, 2.75) is 6.17 Å². The van der Waals surface area contributed by atoms with E-state index in [9.17, 15) is 0 Å². The van der Waals surface area contributed by atoms with Crippen molar-refractivity contribution < 1.29 is 0 Å². The van der Waals surface area contributed by atoms with Gasteiger partial charge in [0.25, 0.3) is 0 Å². The van der Waals surface area contributed by atoms with Gasteiger partial charge in [-0.15, -0.1) is 0 Å². The van der Waals surface area contributed by atoms with Crippen LogP contribution in [0.5, 0.6) is 0 Å². The molecule has 4 heteroatoms. The molecular weight excluding hydrogens is 351 g/mol. The molecular formula is C21H16Cl2N2. The molecule has 0 amide bonds. The summed E-state index contributed by atoms with van der Waals surface area (Å²) in [7, 11) is 0. The van der Waals surface area contributed by atoms with E-state index in [1.54, 1.807) is 0 Å². The summed E-state index contributed by atoms with van der Waals surface area (Å²) in [6, 6.07) is 25.1. The summed E-state index contributed by atoms with van der Waals surface area (Å²) >= 11 is 11.8. The van der Waals surface area contributed by atoms with Gasteiger partial charge in [0.15, 0.2) is 6.17 Å². The highest BCUT2D eigenvalue weighted by Gasteiger charge is 2.05. The first-order chi connectivity index (χ1) is 12.2. The van der Waals surface area contributed by atoms with Gasteiger partial charge in [-0.3, -0.25) is 9.98 Å². The molecule has 0 fully saturated rings. The van der Waals surface area contributed by atoms with E-state index in [0.717, 1.165) is 16.7 Å². The first-order valence-electron chi connectivity index (χ1n) is 7.83. The van der Waals surface area contributed by atoms with Crippen molar-refractivity contribution in [3.05, 3.63) is 106 Å². The number of nitrogens with zero attached hydrogens (tertiary/aromatic N) is 2. The fourth-order valence-corrected chi connectivity index (χ4v) is 2.50. The van der Waals surface area contributed by atoms with Crippen molar-refractivity contribution >= 4 is 35.6 Å². The van der Waals surface area contributed by atoms with Crippen LogP contribution >= 0.6 is 23.2 Å². The van der Waals surface area contributed by atoms with Crippen molar-refractivity contribution in [2.75, 3.05) is 0 Å². The molecule has 0 aliphatic heterocycles. The summed E-state index contributed by atoms with van der Waals surface area (Å²) < 4.78 is 0. The predicted molar refractivity (Wildman–Crippen MR) is 107 cm³/mol. The van der Waals surface area contributed by atoms with Crippen molar-refractivity contribution in [3.8, 4) is 0 Å². The molecule has 0 aromatic heterocycles. The summed E-state index contributed by atoms with van der Waals surface area (Å²) in [5.74, 6) is 0. The maximum atomic E-state index is 5.92. The standard InChI is InChI=1S/C21H16Cl2N2/c22-19-10-6-16(7-11-19)14-24-21(18-4-2-1-3-5-18)25-15-17-8-12-20(23)13-9-17/h1-15,21H. The second kappa shape index (κ2) is 8.61. The molecule has 0 saturated carbocycles. The largest absolute Gasteiger partial charge is 0.261 e. The monoisotopic (exact) mass is 366 g/mol. The van der Waals surface area contributed by atoms with Gasteiger partial charge in [-0.1, -0.05) is 77.8 Å². The van der Waals surface area contributed by atoms with E-state index in [2.05, 4.69) is 9.98 Å². The van der Waals surface area contributed by atoms with Crippen LogP contribution in [-0.2, 0) is 0 Å². The van der Waals surface area contributed by atoms with Crippen molar-refractivity contribution in [1.29, 1.82) is 0 Å². The average molecular weight is 367 g/mol. The van der Waals surface area contributed by atoms with Gasteiger partial charge in [0.05, 0.1) is 0 Å². The zero-order valence-corrected chi connectivity index (χ0v) is 14.9. The molecule has 0 aliphatic carbocycles. The highest BCUT2D eigenvalue weighted by molar-refractivity contribution is 6.30. The van der Waals surface area contributed by atoms with Crippen LogP contribution in [0.2, 0.25) is 10.0 Å². The normalized spacial score (nSPS) is 12.7. The van der Waals surface area contributed by atoms with Crippen LogP contribution < -0.4 is 0 Å². The van der Waals surface area contributed by atoms with Gasteiger partial charge >= 0.3 is 0 Å². The Morgan fingerprint density at radius 2 is 1.04 bits per heavy atom. The van der Waals surface area contributed by atoms with Crippen LogP contribution in [0.1, 0.15) is 22.9 Å². The number of hydrogen-bond acceptors (Lipinski definition) is 2. The molecule has 0 heterocycles. The second-order valence-corrected chi connectivity index (χ2v) is 6.32. The Morgan fingerprint density at radius 3 is 1.48 bits per heavy atom. The molecule has 0 spiro atoms. The lowest BCUT2D eigenvalue weighted by Gasteiger charge is -2.08. The molecule has 2 nitrogen and oxygen atoms in total. The third-order valence-electron chi connectivity index (χ3n) is 3.57. The van der Waals surface area contributed by atoms with E-state index >= 15 is 0 Å². The molecule has 0 N–H and O–H groups in total. The van der Waals surface area contributed by atoms with Gasteiger partial charge in [0.2, 0.25) is 0 Å². The SMILES string of the molecule is Clc1ccc(C=NC(N=Cc2ccc(Cl)cc2)c2ccccc2)cc1. The smallest absolute Gasteiger partial charge is 0.165 e. The van der Waals surface area contributed by atoms with Crippen molar-refractivity contribution in [1.82, 2.24) is 0 Å². The molecule has 0 bridgehead atoms. The van der Waals surface area contributed by atoms with Gasteiger partial charge < -0.3 is 0 Å². The van der Waals surface area contributed by atoms with Crippen molar-refractivity contribution in [2.24, 2.45) is 9.98 Å². The number of halogens is 2. The summed E-state index contributed by atoms with van der Waals surface area (Å²) in [6.07, 6.45) is 3.31. The van der Waals surface area contributed by atoms with Crippen molar-refractivity contribution in [3.63, 3.8) is 0 Å². The van der Waals surface area contributed by atoms with Crippen LogP contribution in [0, 0.1) is 0 Å². The highest BCUT2D eigenvalue weighted by Crippen LogP contribution is 2.19. The highest BCUT2D eigenvalue weighted by atomic mass is 35.5. The average Bonchev–Trinajstić information content (AvgIpc) is 2.65. The maximum Gasteiger partial charge on any atom is 0.165 e. The Morgan fingerprint density at radius 1 is 0.600 bits per heavy atom. The van der Waals surface area contributed by atoms with E-state index < -0.39 is 0 Å². The summed E-state index contributed by atoms with van der Waals surface area (Å²) in [4.78, 5) is 9.27. The van der Waals surface area contributed by atoms with Gasteiger partial charge in [-0.2, -0.15) is 0 Å². The van der Waals surface area contributed by atoms with Crippen LogP contribution in [0.25, 0.3) is 0 Å². The first kappa shape index (κ1) is 17.4. The van der Waals surface area contributed by atoms with E-state index in [1.807, 2.05) is 91.3 Å². The van der Waals surface area contributed by atoms with Gasteiger partial charge in [0, 0.05) is 22.5 Å². The topological polar surface area (TPSA) is 24.7 Å². The molecule has 25 heavy (non-hydrogen) atoms. The minimum absolute atomic E-state index is 0.312. The van der Waals surface area contributed by atoms with E-state index in [0.29, 0.717) is 10.0 Å². The minimum Gasteiger partial charge on any atom is -0.261 e. The van der Waals surface area contributed by atoms with Crippen LogP contribution in [-0.4, -0.2) is 12.4 Å². The number of hydrogen-bond donors (Lipinski definition) is 0. The molecule has 0 unspecified atom stereocenters. The Balaban J connectivity index is 1.84. The fraction of sp³-hybridized carbons (Fsp3) is 0.0476. The quantitative estimate of drug-likeness (QED) is 0.478. The van der Waals surface area contributed by atoms with Gasteiger partial charge in [-0.05, 0) is 41.0 Å². The summed E-state index contributed by atoms with van der Waals surface area (Å²) in [5.41, 5.74) is 2.98. The predicted octanol–water partition coefficient (Wildman–Crippen LogP) is 6.23.